The Morgan fingerprint density at radius 2 is 2.18 bits per heavy atom. The Balaban J connectivity index is 1.90. The molecule has 1 amide bonds. The third kappa shape index (κ3) is 3.03. The van der Waals surface area contributed by atoms with E-state index in [0.717, 1.165) is 5.56 Å². The third-order valence-electron chi connectivity index (χ3n) is 3.64. The fourth-order valence-electron chi connectivity index (χ4n) is 2.57. The van der Waals surface area contributed by atoms with Crippen molar-refractivity contribution in [1.82, 2.24) is 20.4 Å². The number of carbonyl (C=O) groups is 1. The highest BCUT2D eigenvalue weighted by atomic mass is 35.5. The molecular weight excluding hydrogens is 304 g/mol. The second-order valence-electron chi connectivity index (χ2n) is 5.08. The summed E-state index contributed by atoms with van der Waals surface area (Å²) >= 11 is 6.05. The molecule has 3 rings (SSSR count). The molecule has 1 aliphatic heterocycles. The molecule has 1 unspecified atom stereocenters. The van der Waals surface area contributed by atoms with E-state index >= 15 is 0 Å². The van der Waals surface area contributed by atoms with E-state index < -0.39 is 0 Å². The van der Waals surface area contributed by atoms with Crippen molar-refractivity contribution in [2.24, 2.45) is 0 Å². The van der Waals surface area contributed by atoms with Crippen molar-refractivity contribution < 1.29 is 4.79 Å². The average Bonchev–Trinajstić information content (AvgIpc) is 2.55. The van der Waals surface area contributed by atoms with E-state index in [1.54, 1.807) is 11.0 Å². The minimum atomic E-state index is -0.330. The van der Waals surface area contributed by atoms with Crippen LogP contribution in [0.3, 0.4) is 0 Å². The van der Waals surface area contributed by atoms with Crippen LogP contribution in [-0.2, 0) is 0 Å². The van der Waals surface area contributed by atoms with Gasteiger partial charge in [0, 0.05) is 30.7 Å². The molecule has 0 spiro atoms. The zero-order valence-electron chi connectivity index (χ0n) is 11.8. The minimum absolute atomic E-state index is 0.117. The maximum absolute atomic E-state index is 12.7. The van der Waals surface area contributed by atoms with Gasteiger partial charge in [-0.3, -0.25) is 9.59 Å². The van der Waals surface area contributed by atoms with Crippen LogP contribution in [0.25, 0.3) is 0 Å². The van der Waals surface area contributed by atoms with E-state index in [-0.39, 0.29) is 23.2 Å². The van der Waals surface area contributed by atoms with E-state index in [9.17, 15) is 9.59 Å². The maximum Gasteiger partial charge on any atom is 0.274 e. The van der Waals surface area contributed by atoms with E-state index in [1.807, 2.05) is 18.2 Å². The summed E-state index contributed by atoms with van der Waals surface area (Å²) in [5, 5.41) is 10.0. The van der Waals surface area contributed by atoms with Crippen molar-refractivity contribution in [2.75, 3.05) is 19.6 Å². The highest BCUT2D eigenvalue weighted by Crippen LogP contribution is 2.25. The van der Waals surface area contributed by atoms with Crippen LogP contribution >= 0.6 is 11.6 Å². The molecule has 2 aromatic rings. The summed E-state index contributed by atoms with van der Waals surface area (Å²) in [6.45, 7) is 1.93. The SMILES string of the molecule is O=C(c1ccc(=O)[nH]n1)N1CCNCC1c1cccc(Cl)c1. The van der Waals surface area contributed by atoms with Gasteiger partial charge < -0.3 is 10.2 Å². The molecule has 7 heteroatoms. The van der Waals surface area contributed by atoms with Crippen LogP contribution in [0, 0.1) is 0 Å². The Kier molecular flexibility index (Phi) is 4.22. The first-order valence-corrected chi connectivity index (χ1v) is 7.36. The molecule has 1 fully saturated rings. The number of rotatable bonds is 2. The predicted molar refractivity (Wildman–Crippen MR) is 83.0 cm³/mol. The van der Waals surface area contributed by atoms with Crippen LogP contribution in [0.2, 0.25) is 5.02 Å². The molecule has 2 N–H and O–H groups in total. The molecule has 1 atom stereocenters. The zero-order valence-corrected chi connectivity index (χ0v) is 12.5. The van der Waals surface area contributed by atoms with Gasteiger partial charge in [-0.2, -0.15) is 5.10 Å². The number of nitrogens with zero attached hydrogens (tertiary/aromatic N) is 2. The fourth-order valence-corrected chi connectivity index (χ4v) is 2.77. The van der Waals surface area contributed by atoms with Crippen LogP contribution in [0.4, 0.5) is 0 Å². The van der Waals surface area contributed by atoms with E-state index in [4.69, 9.17) is 11.6 Å². The molecule has 0 bridgehead atoms. The van der Waals surface area contributed by atoms with Crippen LogP contribution < -0.4 is 10.9 Å². The van der Waals surface area contributed by atoms with Gasteiger partial charge in [0.2, 0.25) is 0 Å². The molecule has 22 heavy (non-hydrogen) atoms. The first kappa shape index (κ1) is 14.7. The quantitative estimate of drug-likeness (QED) is 0.872. The van der Waals surface area contributed by atoms with Crippen LogP contribution in [0.5, 0.6) is 0 Å². The molecule has 6 nitrogen and oxygen atoms in total. The van der Waals surface area contributed by atoms with Crippen LogP contribution in [0.1, 0.15) is 22.1 Å². The fraction of sp³-hybridized carbons (Fsp3) is 0.267. The Hall–Kier alpha value is -2.18. The molecule has 1 aliphatic rings. The molecule has 0 radical (unpaired) electrons. The Labute approximate surface area is 132 Å². The summed E-state index contributed by atoms with van der Waals surface area (Å²) in [7, 11) is 0. The van der Waals surface area contributed by atoms with Gasteiger partial charge in [0.25, 0.3) is 11.5 Å². The number of halogens is 1. The summed E-state index contributed by atoms with van der Waals surface area (Å²) in [5.74, 6) is -0.206. The van der Waals surface area contributed by atoms with Gasteiger partial charge in [-0.1, -0.05) is 23.7 Å². The number of benzene rings is 1. The number of hydrogen-bond donors (Lipinski definition) is 2. The molecule has 114 valence electrons. The maximum atomic E-state index is 12.7. The number of hydrogen-bond acceptors (Lipinski definition) is 4. The second kappa shape index (κ2) is 6.29. The smallest absolute Gasteiger partial charge is 0.274 e. The van der Waals surface area contributed by atoms with Crippen molar-refractivity contribution in [3.63, 3.8) is 0 Å². The minimum Gasteiger partial charge on any atom is -0.328 e. The van der Waals surface area contributed by atoms with Gasteiger partial charge in [-0.25, -0.2) is 5.10 Å². The van der Waals surface area contributed by atoms with E-state index in [0.29, 0.717) is 24.7 Å². The van der Waals surface area contributed by atoms with Crippen LogP contribution in [0.15, 0.2) is 41.2 Å². The van der Waals surface area contributed by atoms with Crippen molar-refractivity contribution in [3.8, 4) is 0 Å². The van der Waals surface area contributed by atoms with Gasteiger partial charge in [0.15, 0.2) is 0 Å². The summed E-state index contributed by atoms with van der Waals surface area (Å²) in [5.41, 5.74) is 0.870. The molecular formula is C15H15ClN4O2. The Morgan fingerprint density at radius 1 is 1.32 bits per heavy atom. The van der Waals surface area contributed by atoms with Crippen LogP contribution in [-0.4, -0.2) is 40.6 Å². The van der Waals surface area contributed by atoms with Gasteiger partial charge in [-0.05, 0) is 23.8 Å². The lowest BCUT2D eigenvalue weighted by atomic mass is 10.0. The number of nitrogens with one attached hydrogen (secondary N) is 2. The zero-order chi connectivity index (χ0) is 15.5. The second-order valence-corrected chi connectivity index (χ2v) is 5.52. The summed E-state index contributed by atoms with van der Waals surface area (Å²) in [4.78, 5) is 25.5. The number of aromatic amines is 1. The summed E-state index contributed by atoms with van der Waals surface area (Å²) in [6, 6.07) is 10.1. The number of piperazine rings is 1. The Morgan fingerprint density at radius 3 is 2.91 bits per heavy atom. The highest BCUT2D eigenvalue weighted by molar-refractivity contribution is 6.30. The number of carbonyl (C=O) groups excluding carboxylic acids is 1. The lowest BCUT2D eigenvalue weighted by molar-refractivity contribution is 0.0627. The molecule has 0 saturated carbocycles. The highest BCUT2D eigenvalue weighted by Gasteiger charge is 2.29. The number of amides is 1. The predicted octanol–water partition coefficient (Wildman–Crippen LogP) is 1.21. The number of aromatic nitrogens is 2. The molecule has 1 aromatic carbocycles. The van der Waals surface area contributed by atoms with E-state index in [1.165, 1.54) is 12.1 Å². The van der Waals surface area contributed by atoms with Crippen molar-refractivity contribution in [3.05, 3.63) is 63.0 Å². The van der Waals surface area contributed by atoms with Gasteiger partial charge in [0.05, 0.1) is 6.04 Å². The van der Waals surface area contributed by atoms with Crippen molar-refractivity contribution >= 4 is 17.5 Å². The monoisotopic (exact) mass is 318 g/mol. The van der Waals surface area contributed by atoms with Crippen molar-refractivity contribution in [2.45, 2.75) is 6.04 Å². The Bertz CT molecular complexity index is 726. The standard InChI is InChI=1S/C15H15ClN4O2/c16-11-3-1-2-10(8-11)13-9-17-6-7-20(13)15(22)12-4-5-14(21)19-18-12/h1-5,8,13,17H,6-7,9H2,(H,19,21). The largest absolute Gasteiger partial charge is 0.328 e. The first-order valence-electron chi connectivity index (χ1n) is 6.98. The molecule has 1 saturated heterocycles. The van der Waals surface area contributed by atoms with Gasteiger partial charge >= 0.3 is 0 Å². The number of H-pyrrole nitrogens is 1. The van der Waals surface area contributed by atoms with E-state index in [2.05, 4.69) is 15.5 Å². The third-order valence-corrected chi connectivity index (χ3v) is 3.87. The first-order chi connectivity index (χ1) is 10.6. The van der Waals surface area contributed by atoms with Gasteiger partial charge in [0.1, 0.15) is 5.69 Å². The normalized spacial score (nSPS) is 18.2. The topological polar surface area (TPSA) is 78.1 Å². The van der Waals surface area contributed by atoms with Gasteiger partial charge in [-0.15, -0.1) is 0 Å². The van der Waals surface area contributed by atoms with Crippen molar-refractivity contribution in [1.29, 1.82) is 0 Å². The lowest BCUT2D eigenvalue weighted by Gasteiger charge is -2.36. The molecule has 1 aromatic heterocycles. The lowest BCUT2D eigenvalue weighted by Crippen LogP contribution is -2.49. The average molecular weight is 319 g/mol. The molecule has 0 aliphatic carbocycles. The summed E-state index contributed by atoms with van der Waals surface area (Å²) < 4.78 is 0. The molecule has 2 heterocycles. The summed E-state index contributed by atoms with van der Waals surface area (Å²) in [6.07, 6.45) is 0.